The van der Waals surface area contributed by atoms with Crippen molar-refractivity contribution in [1.29, 1.82) is 0 Å². The average molecular weight is 256 g/mol. The zero-order chi connectivity index (χ0) is 13.0. The predicted octanol–water partition coefficient (Wildman–Crippen LogP) is 0.392. The molecule has 1 aliphatic carbocycles. The summed E-state index contributed by atoms with van der Waals surface area (Å²) in [5, 5.41) is 3.09. The third kappa shape index (κ3) is 3.02. The molecule has 0 radical (unpaired) electrons. The summed E-state index contributed by atoms with van der Waals surface area (Å²) in [4.78, 5) is 14.2. The molecule has 1 heterocycles. The van der Waals surface area contributed by atoms with Crippen LogP contribution in [0.3, 0.4) is 0 Å². The first-order valence-corrected chi connectivity index (χ1v) is 6.78. The lowest BCUT2D eigenvalue weighted by Gasteiger charge is -2.42. The van der Waals surface area contributed by atoms with Crippen LogP contribution in [0.5, 0.6) is 0 Å². The van der Waals surface area contributed by atoms with Crippen molar-refractivity contribution in [2.24, 2.45) is 0 Å². The van der Waals surface area contributed by atoms with Crippen LogP contribution in [0.25, 0.3) is 0 Å². The number of likely N-dealkylation sites (N-methyl/N-ethyl adjacent to an activating group) is 1. The number of hydrogen-bond donors (Lipinski definition) is 1. The third-order valence-corrected chi connectivity index (χ3v) is 4.09. The number of morpholine rings is 1. The van der Waals surface area contributed by atoms with E-state index in [0.29, 0.717) is 26.1 Å². The minimum atomic E-state index is -0.173. The smallest absolute Gasteiger partial charge is 0.225 e. The van der Waals surface area contributed by atoms with Crippen LogP contribution in [0.4, 0.5) is 0 Å². The van der Waals surface area contributed by atoms with Crippen LogP contribution < -0.4 is 5.32 Å². The molecule has 104 valence electrons. The van der Waals surface area contributed by atoms with Crippen LogP contribution in [0.2, 0.25) is 0 Å². The Morgan fingerprint density at radius 3 is 2.89 bits per heavy atom. The molecule has 5 nitrogen and oxygen atoms in total. The fourth-order valence-electron chi connectivity index (χ4n) is 2.71. The summed E-state index contributed by atoms with van der Waals surface area (Å²) in [7, 11) is 3.62. The summed E-state index contributed by atoms with van der Waals surface area (Å²) in [6.45, 7) is 2.83. The minimum absolute atomic E-state index is 0.118. The second-order valence-corrected chi connectivity index (χ2v) is 5.31. The molecule has 5 heteroatoms. The fourth-order valence-corrected chi connectivity index (χ4v) is 2.71. The van der Waals surface area contributed by atoms with Crippen molar-refractivity contribution in [3.8, 4) is 0 Å². The first-order chi connectivity index (χ1) is 8.69. The van der Waals surface area contributed by atoms with Crippen LogP contribution in [0, 0.1) is 0 Å². The fraction of sp³-hybridized carbons (Fsp3) is 0.923. The zero-order valence-corrected chi connectivity index (χ0v) is 11.4. The lowest BCUT2D eigenvalue weighted by atomic mass is 9.77. The number of nitrogens with one attached hydrogen (secondary N) is 1. The Bertz CT molecular complexity index is 284. The van der Waals surface area contributed by atoms with E-state index in [1.165, 1.54) is 6.42 Å². The van der Waals surface area contributed by atoms with E-state index in [1.54, 1.807) is 7.11 Å². The number of rotatable bonds is 5. The van der Waals surface area contributed by atoms with E-state index in [1.807, 2.05) is 11.9 Å². The second kappa shape index (κ2) is 5.99. The molecular formula is C13H24N2O3. The molecule has 1 amide bonds. The van der Waals surface area contributed by atoms with Crippen LogP contribution in [0.1, 0.15) is 25.7 Å². The average Bonchev–Trinajstić information content (AvgIpc) is 2.34. The first kappa shape index (κ1) is 13.8. The van der Waals surface area contributed by atoms with E-state index in [4.69, 9.17) is 9.47 Å². The summed E-state index contributed by atoms with van der Waals surface area (Å²) in [5.74, 6) is 0.209. The molecule has 1 saturated carbocycles. The summed E-state index contributed by atoms with van der Waals surface area (Å²) in [6.07, 6.45) is 3.84. The Morgan fingerprint density at radius 1 is 1.56 bits per heavy atom. The maximum absolute atomic E-state index is 12.3. The number of nitrogens with zero attached hydrogens (tertiary/aromatic N) is 1. The van der Waals surface area contributed by atoms with Crippen LogP contribution in [-0.2, 0) is 14.3 Å². The molecule has 0 aromatic heterocycles. The van der Waals surface area contributed by atoms with Crippen molar-refractivity contribution in [3.05, 3.63) is 0 Å². The van der Waals surface area contributed by atoms with Crippen molar-refractivity contribution >= 4 is 5.91 Å². The van der Waals surface area contributed by atoms with Gasteiger partial charge >= 0.3 is 0 Å². The molecule has 1 N–H and O–H groups in total. The summed E-state index contributed by atoms with van der Waals surface area (Å²) >= 11 is 0. The number of carbonyl (C=O) groups is 1. The number of ether oxygens (including phenoxy) is 2. The number of hydrogen-bond acceptors (Lipinski definition) is 4. The van der Waals surface area contributed by atoms with E-state index < -0.39 is 0 Å². The van der Waals surface area contributed by atoms with E-state index in [-0.39, 0.29) is 17.6 Å². The van der Waals surface area contributed by atoms with Gasteiger partial charge in [-0.2, -0.15) is 0 Å². The van der Waals surface area contributed by atoms with E-state index in [2.05, 4.69) is 5.32 Å². The minimum Gasteiger partial charge on any atom is -0.378 e. The van der Waals surface area contributed by atoms with Gasteiger partial charge < -0.3 is 19.7 Å². The van der Waals surface area contributed by atoms with Gasteiger partial charge in [0.1, 0.15) is 0 Å². The van der Waals surface area contributed by atoms with Gasteiger partial charge in [-0.25, -0.2) is 0 Å². The number of amides is 1. The lowest BCUT2D eigenvalue weighted by molar-refractivity contribution is -0.150. The summed E-state index contributed by atoms with van der Waals surface area (Å²) in [6, 6.07) is 0. The van der Waals surface area contributed by atoms with Crippen LogP contribution in [-0.4, -0.2) is 62.9 Å². The van der Waals surface area contributed by atoms with Crippen molar-refractivity contribution in [1.82, 2.24) is 10.2 Å². The molecule has 1 unspecified atom stereocenters. The summed E-state index contributed by atoms with van der Waals surface area (Å²) < 4.78 is 11.1. The Kier molecular flexibility index (Phi) is 4.59. The molecule has 2 fully saturated rings. The van der Waals surface area contributed by atoms with E-state index >= 15 is 0 Å². The lowest BCUT2D eigenvalue weighted by Crippen LogP contribution is -2.51. The van der Waals surface area contributed by atoms with Gasteiger partial charge in [0.2, 0.25) is 5.91 Å². The molecule has 0 aromatic rings. The SMILES string of the molecule is CNCC1CN(C(=O)CC2(OC)CCC2)CCO1. The molecule has 0 spiro atoms. The largest absolute Gasteiger partial charge is 0.378 e. The van der Waals surface area contributed by atoms with Crippen LogP contribution >= 0.6 is 0 Å². The topological polar surface area (TPSA) is 50.8 Å². The van der Waals surface area contributed by atoms with Gasteiger partial charge in [-0.15, -0.1) is 0 Å². The zero-order valence-electron chi connectivity index (χ0n) is 11.4. The monoisotopic (exact) mass is 256 g/mol. The molecule has 2 rings (SSSR count). The van der Waals surface area contributed by atoms with Gasteiger partial charge in [-0.3, -0.25) is 4.79 Å². The molecule has 18 heavy (non-hydrogen) atoms. The molecule has 1 aliphatic heterocycles. The van der Waals surface area contributed by atoms with Gasteiger partial charge in [-0.05, 0) is 26.3 Å². The van der Waals surface area contributed by atoms with Crippen molar-refractivity contribution in [2.45, 2.75) is 37.4 Å². The third-order valence-electron chi connectivity index (χ3n) is 4.09. The molecule has 0 bridgehead atoms. The van der Waals surface area contributed by atoms with Crippen molar-refractivity contribution in [2.75, 3.05) is 40.4 Å². The van der Waals surface area contributed by atoms with Crippen molar-refractivity contribution < 1.29 is 14.3 Å². The van der Waals surface area contributed by atoms with Gasteiger partial charge in [0.25, 0.3) is 0 Å². The highest BCUT2D eigenvalue weighted by atomic mass is 16.5. The predicted molar refractivity (Wildman–Crippen MR) is 68.5 cm³/mol. The first-order valence-electron chi connectivity index (χ1n) is 6.78. The van der Waals surface area contributed by atoms with E-state index in [9.17, 15) is 4.79 Å². The number of methoxy groups -OCH3 is 1. The molecule has 0 aromatic carbocycles. The van der Waals surface area contributed by atoms with Gasteiger partial charge in [0.15, 0.2) is 0 Å². The maximum Gasteiger partial charge on any atom is 0.225 e. The molecule has 2 aliphatic rings. The highest BCUT2D eigenvalue weighted by molar-refractivity contribution is 5.77. The van der Waals surface area contributed by atoms with Gasteiger partial charge in [0, 0.05) is 26.7 Å². The van der Waals surface area contributed by atoms with E-state index in [0.717, 1.165) is 19.4 Å². The number of carbonyl (C=O) groups excluding carboxylic acids is 1. The molecule has 1 saturated heterocycles. The van der Waals surface area contributed by atoms with Crippen molar-refractivity contribution in [3.63, 3.8) is 0 Å². The Balaban J connectivity index is 1.84. The quantitative estimate of drug-likeness (QED) is 0.773. The summed E-state index contributed by atoms with van der Waals surface area (Å²) in [5.41, 5.74) is -0.173. The highest BCUT2D eigenvalue weighted by Crippen LogP contribution is 2.38. The Morgan fingerprint density at radius 2 is 2.33 bits per heavy atom. The Hall–Kier alpha value is -0.650. The normalized spacial score (nSPS) is 26.8. The Labute approximate surface area is 109 Å². The standard InChI is InChI=1S/C13H24N2O3/c1-14-9-11-10-15(6-7-18-11)12(16)8-13(17-2)4-3-5-13/h11,14H,3-10H2,1-2H3. The van der Waals surface area contributed by atoms with Gasteiger partial charge in [0.05, 0.1) is 24.7 Å². The highest BCUT2D eigenvalue weighted by Gasteiger charge is 2.40. The second-order valence-electron chi connectivity index (χ2n) is 5.31. The molecular weight excluding hydrogens is 232 g/mol. The van der Waals surface area contributed by atoms with Crippen LogP contribution in [0.15, 0.2) is 0 Å². The maximum atomic E-state index is 12.3. The van der Waals surface area contributed by atoms with Gasteiger partial charge in [-0.1, -0.05) is 0 Å². The molecule has 1 atom stereocenters.